The SMILES string of the molecule is CC(C)(Br)C1=Nc2c(Br)cc(Br)cc2C(C)(CBr)O1. The Morgan fingerprint density at radius 2 is 1.95 bits per heavy atom. The Morgan fingerprint density at radius 1 is 1.32 bits per heavy atom. The van der Waals surface area contributed by atoms with Crippen molar-refractivity contribution in [2.45, 2.75) is 30.7 Å². The summed E-state index contributed by atoms with van der Waals surface area (Å²) < 4.78 is 7.80. The second-order valence-corrected chi connectivity index (χ2v) is 9.45. The maximum Gasteiger partial charge on any atom is 0.206 e. The van der Waals surface area contributed by atoms with Gasteiger partial charge < -0.3 is 4.74 Å². The summed E-state index contributed by atoms with van der Waals surface area (Å²) in [5.41, 5.74) is 1.55. The van der Waals surface area contributed by atoms with Gasteiger partial charge in [0.25, 0.3) is 0 Å². The van der Waals surface area contributed by atoms with Gasteiger partial charge in [-0.25, -0.2) is 4.99 Å². The first kappa shape index (κ1) is 16.0. The van der Waals surface area contributed by atoms with E-state index in [0.717, 1.165) is 20.2 Å². The number of fused-ring (bicyclic) bond motifs is 1. The molecule has 0 amide bonds. The average Bonchev–Trinajstić information content (AvgIpc) is 2.29. The van der Waals surface area contributed by atoms with Gasteiger partial charge in [-0.1, -0.05) is 47.8 Å². The van der Waals surface area contributed by atoms with Crippen molar-refractivity contribution in [1.29, 1.82) is 0 Å². The first-order chi connectivity index (χ1) is 8.67. The van der Waals surface area contributed by atoms with Gasteiger partial charge in [-0.2, -0.15) is 0 Å². The van der Waals surface area contributed by atoms with Gasteiger partial charge >= 0.3 is 0 Å². The van der Waals surface area contributed by atoms with Crippen LogP contribution in [0.15, 0.2) is 26.1 Å². The van der Waals surface area contributed by atoms with Crippen molar-refractivity contribution in [2.75, 3.05) is 5.33 Å². The minimum atomic E-state index is -0.441. The van der Waals surface area contributed by atoms with E-state index in [0.29, 0.717) is 11.2 Å². The molecule has 0 saturated heterocycles. The highest BCUT2D eigenvalue weighted by atomic mass is 79.9. The van der Waals surface area contributed by atoms with E-state index in [2.05, 4.69) is 81.7 Å². The normalized spacial score (nSPS) is 22.6. The van der Waals surface area contributed by atoms with E-state index in [4.69, 9.17) is 4.74 Å². The zero-order valence-corrected chi connectivity index (χ0v) is 17.1. The molecule has 6 heteroatoms. The Bertz CT molecular complexity index is 550. The van der Waals surface area contributed by atoms with Gasteiger partial charge in [0.1, 0.15) is 5.60 Å². The van der Waals surface area contributed by atoms with Crippen molar-refractivity contribution in [2.24, 2.45) is 4.99 Å². The highest BCUT2D eigenvalue weighted by molar-refractivity contribution is 9.11. The molecule has 1 atom stereocenters. The van der Waals surface area contributed by atoms with Gasteiger partial charge in [-0.15, -0.1) is 0 Å². The van der Waals surface area contributed by atoms with Crippen LogP contribution in [0.2, 0.25) is 0 Å². The molecule has 19 heavy (non-hydrogen) atoms. The second-order valence-electron chi connectivity index (χ2n) is 5.14. The number of nitrogens with zero attached hydrogens (tertiary/aromatic N) is 1. The van der Waals surface area contributed by atoms with Crippen molar-refractivity contribution in [3.05, 3.63) is 26.6 Å². The molecule has 0 aromatic heterocycles. The lowest BCUT2D eigenvalue weighted by Crippen LogP contribution is -2.40. The summed E-state index contributed by atoms with van der Waals surface area (Å²) in [6.45, 7) is 6.11. The minimum Gasteiger partial charge on any atom is -0.468 e. The smallest absolute Gasteiger partial charge is 0.206 e. The third kappa shape index (κ3) is 3.11. The van der Waals surface area contributed by atoms with E-state index in [1.807, 2.05) is 19.9 Å². The van der Waals surface area contributed by atoms with Gasteiger partial charge in [-0.3, -0.25) is 0 Å². The number of alkyl halides is 2. The largest absolute Gasteiger partial charge is 0.468 e. The van der Waals surface area contributed by atoms with Crippen LogP contribution >= 0.6 is 63.7 Å². The van der Waals surface area contributed by atoms with Crippen molar-refractivity contribution in [3.63, 3.8) is 0 Å². The number of benzene rings is 1. The van der Waals surface area contributed by atoms with Crippen LogP contribution in [0, 0.1) is 0 Å². The lowest BCUT2D eigenvalue weighted by molar-refractivity contribution is 0.0900. The topological polar surface area (TPSA) is 21.6 Å². The molecule has 0 bridgehead atoms. The molecule has 0 fully saturated rings. The Labute approximate surface area is 146 Å². The van der Waals surface area contributed by atoms with E-state index in [1.54, 1.807) is 0 Å². The highest BCUT2D eigenvalue weighted by Gasteiger charge is 2.40. The zero-order valence-electron chi connectivity index (χ0n) is 10.7. The Morgan fingerprint density at radius 3 is 2.47 bits per heavy atom. The fourth-order valence-corrected chi connectivity index (χ4v) is 3.73. The highest BCUT2D eigenvalue weighted by Crippen LogP contribution is 2.46. The van der Waals surface area contributed by atoms with E-state index in [-0.39, 0.29) is 4.32 Å². The van der Waals surface area contributed by atoms with Crippen LogP contribution in [-0.4, -0.2) is 15.6 Å². The lowest BCUT2D eigenvalue weighted by atomic mass is 9.94. The summed E-state index contributed by atoms with van der Waals surface area (Å²) in [5.74, 6) is 0.685. The second kappa shape index (κ2) is 5.43. The first-order valence-electron chi connectivity index (χ1n) is 5.70. The quantitative estimate of drug-likeness (QED) is 0.437. The number of hydrogen-bond donors (Lipinski definition) is 0. The maximum atomic E-state index is 6.14. The fraction of sp³-hybridized carbons (Fsp3) is 0.462. The average molecular weight is 519 g/mol. The number of halogens is 4. The van der Waals surface area contributed by atoms with Crippen LogP contribution in [0.3, 0.4) is 0 Å². The molecule has 0 saturated carbocycles. The molecular weight excluding hydrogens is 506 g/mol. The van der Waals surface area contributed by atoms with Crippen molar-refractivity contribution >= 4 is 75.3 Å². The van der Waals surface area contributed by atoms with Gasteiger partial charge in [0.2, 0.25) is 5.90 Å². The summed E-state index contributed by atoms with van der Waals surface area (Å²) >= 11 is 14.3. The molecule has 1 unspecified atom stereocenters. The van der Waals surface area contributed by atoms with E-state index in [9.17, 15) is 0 Å². The van der Waals surface area contributed by atoms with Crippen molar-refractivity contribution < 1.29 is 4.74 Å². The summed E-state index contributed by atoms with van der Waals surface area (Å²) in [7, 11) is 0. The van der Waals surface area contributed by atoms with E-state index >= 15 is 0 Å². The Hall–Kier alpha value is 0.610. The molecule has 0 aliphatic carbocycles. The predicted octanol–water partition coefficient (Wildman–Crippen LogP) is 6.06. The number of aliphatic imine (C=N–C) groups is 1. The zero-order chi connectivity index (χ0) is 14.4. The Balaban J connectivity index is 2.70. The van der Waals surface area contributed by atoms with Gasteiger partial charge in [0, 0.05) is 19.8 Å². The van der Waals surface area contributed by atoms with E-state index < -0.39 is 5.60 Å². The van der Waals surface area contributed by atoms with Crippen molar-refractivity contribution in [1.82, 2.24) is 0 Å². The molecule has 0 N–H and O–H groups in total. The first-order valence-corrected chi connectivity index (χ1v) is 9.20. The van der Waals surface area contributed by atoms with Gasteiger partial charge in [-0.05, 0) is 48.8 Å². The molecule has 2 nitrogen and oxygen atoms in total. The van der Waals surface area contributed by atoms with Gasteiger partial charge in [0.15, 0.2) is 0 Å². The monoisotopic (exact) mass is 515 g/mol. The van der Waals surface area contributed by atoms with Crippen LogP contribution < -0.4 is 0 Å². The standard InChI is InChI=1S/C13H13Br4NO/c1-12(2,17)11-18-10-8(13(3,6-14)19-11)4-7(15)5-9(10)16/h4-5H,6H2,1-3H3. The minimum absolute atomic E-state index is 0.305. The molecule has 0 radical (unpaired) electrons. The van der Waals surface area contributed by atoms with Crippen LogP contribution in [0.1, 0.15) is 26.3 Å². The van der Waals surface area contributed by atoms with Crippen LogP contribution in [-0.2, 0) is 10.3 Å². The summed E-state index contributed by atoms with van der Waals surface area (Å²) in [4.78, 5) is 4.66. The van der Waals surface area contributed by atoms with Gasteiger partial charge in [0.05, 0.1) is 10.0 Å². The molecule has 1 aliphatic heterocycles. The molecule has 104 valence electrons. The molecule has 2 rings (SSSR count). The third-order valence-corrected chi connectivity index (χ3v) is 5.37. The Kier molecular flexibility index (Phi) is 4.57. The predicted molar refractivity (Wildman–Crippen MR) is 94.2 cm³/mol. The number of hydrogen-bond acceptors (Lipinski definition) is 2. The van der Waals surface area contributed by atoms with Crippen LogP contribution in [0.25, 0.3) is 0 Å². The summed E-state index contributed by atoms with van der Waals surface area (Å²) in [5, 5.41) is 0.692. The molecule has 1 aliphatic rings. The van der Waals surface area contributed by atoms with Crippen LogP contribution in [0.4, 0.5) is 5.69 Å². The number of ether oxygens (including phenoxy) is 1. The molecular formula is C13H13Br4NO. The molecule has 1 aromatic rings. The molecule has 0 spiro atoms. The fourth-order valence-electron chi connectivity index (χ4n) is 1.83. The van der Waals surface area contributed by atoms with E-state index in [1.165, 1.54) is 0 Å². The summed E-state index contributed by atoms with van der Waals surface area (Å²) in [6.07, 6.45) is 0. The number of rotatable bonds is 2. The lowest BCUT2D eigenvalue weighted by Gasteiger charge is -2.37. The van der Waals surface area contributed by atoms with Crippen LogP contribution in [0.5, 0.6) is 0 Å². The molecule has 1 heterocycles. The third-order valence-electron chi connectivity index (χ3n) is 2.90. The summed E-state index contributed by atoms with van der Waals surface area (Å²) in [6, 6.07) is 4.06. The molecule has 1 aromatic carbocycles. The van der Waals surface area contributed by atoms with Crippen molar-refractivity contribution in [3.8, 4) is 0 Å². The maximum absolute atomic E-state index is 6.14.